The zero-order valence-corrected chi connectivity index (χ0v) is 25.0. The molecule has 1 atom stereocenters. The van der Waals surface area contributed by atoms with E-state index in [1.807, 2.05) is 0 Å². The molecule has 234 valence electrons. The summed E-state index contributed by atoms with van der Waals surface area (Å²) in [5.74, 6) is 0.599. The highest BCUT2D eigenvalue weighted by molar-refractivity contribution is 5.99. The van der Waals surface area contributed by atoms with Gasteiger partial charge in [0.2, 0.25) is 12.7 Å². The number of amides is 3. The molecule has 0 aromatic heterocycles. The van der Waals surface area contributed by atoms with Gasteiger partial charge in [0.05, 0.1) is 26.2 Å². The summed E-state index contributed by atoms with van der Waals surface area (Å²) >= 11 is 0. The predicted molar refractivity (Wildman–Crippen MR) is 155 cm³/mol. The lowest BCUT2D eigenvalue weighted by Gasteiger charge is -2.45. The smallest absolute Gasteiger partial charge is 0.309 e. The SMILES string of the molecule is CCOC(=O)C1CCN(C(=O)[C@H]2COC3(CCN(C(=O)c4ccc5c(c4)OCO5)CC3)N2C(=O)c2ccc(OC)cc2)CC1. The van der Waals surface area contributed by atoms with Crippen molar-refractivity contribution >= 4 is 23.7 Å². The lowest BCUT2D eigenvalue weighted by Crippen LogP contribution is -2.60. The first-order valence-corrected chi connectivity index (χ1v) is 15.1. The molecule has 0 unspecified atom stereocenters. The Balaban J connectivity index is 1.20. The van der Waals surface area contributed by atoms with Gasteiger partial charge in [0, 0.05) is 50.1 Å². The highest BCUT2D eigenvalue weighted by Crippen LogP contribution is 2.40. The first-order chi connectivity index (χ1) is 21.3. The van der Waals surface area contributed by atoms with Gasteiger partial charge in [-0.2, -0.15) is 0 Å². The number of nitrogens with zero attached hydrogens (tertiary/aromatic N) is 3. The minimum atomic E-state index is -1.05. The number of ether oxygens (including phenoxy) is 5. The van der Waals surface area contributed by atoms with Crippen molar-refractivity contribution in [3.8, 4) is 17.2 Å². The largest absolute Gasteiger partial charge is 0.497 e. The van der Waals surface area contributed by atoms with Crippen molar-refractivity contribution in [1.29, 1.82) is 0 Å². The summed E-state index contributed by atoms with van der Waals surface area (Å²) < 4.78 is 27.6. The summed E-state index contributed by atoms with van der Waals surface area (Å²) in [6.45, 7) is 3.74. The van der Waals surface area contributed by atoms with Gasteiger partial charge in [-0.05, 0) is 62.2 Å². The van der Waals surface area contributed by atoms with Gasteiger partial charge >= 0.3 is 5.97 Å². The monoisotopic (exact) mass is 607 g/mol. The molecule has 0 bridgehead atoms. The second-order valence-electron chi connectivity index (χ2n) is 11.4. The molecule has 4 heterocycles. The van der Waals surface area contributed by atoms with Crippen molar-refractivity contribution in [3.63, 3.8) is 0 Å². The first kappa shape index (κ1) is 29.7. The lowest BCUT2D eigenvalue weighted by molar-refractivity contribution is -0.152. The Hall–Kier alpha value is -4.32. The number of hydrogen-bond donors (Lipinski definition) is 0. The molecule has 4 aliphatic heterocycles. The van der Waals surface area contributed by atoms with Gasteiger partial charge in [-0.15, -0.1) is 0 Å². The number of carbonyl (C=O) groups is 4. The molecule has 4 aliphatic rings. The zero-order chi connectivity index (χ0) is 30.8. The molecular weight excluding hydrogens is 570 g/mol. The topological polar surface area (TPSA) is 124 Å². The Morgan fingerprint density at radius 3 is 2.23 bits per heavy atom. The zero-order valence-electron chi connectivity index (χ0n) is 25.0. The summed E-state index contributed by atoms with van der Waals surface area (Å²) in [4.78, 5) is 58.8. The molecule has 0 radical (unpaired) electrons. The van der Waals surface area contributed by atoms with Crippen molar-refractivity contribution in [2.24, 2.45) is 5.92 Å². The number of piperidine rings is 2. The summed E-state index contributed by atoms with van der Waals surface area (Å²) in [5, 5.41) is 0. The van der Waals surface area contributed by atoms with Crippen LogP contribution in [0, 0.1) is 5.92 Å². The summed E-state index contributed by atoms with van der Waals surface area (Å²) in [5.41, 5.74) is -0.150. The molecule has 12 heteroatoms. The van der Waals surface area contributed by atoms with Gasteiger partial charge < -0.3 is 33.5 Å². The summed E-state index contributed by atoms with van der Waals surface area (Å²) in [6.07, 6.45) is 1.71. The number of hydrogen-bond acceptors (Lipinski definition) is 9. The number of carbonyl (C=O) groups excluding carboxylic acids is 4. The minimum Gasteiger partial charge on any atom is -0.497 e. The maximum Gasteiger partial charge on any atom is 0.309 e. The van der Waals surface area contributed by atoms with E-state index in [-0.39, 0.29) is 43.0 Å². The van der Waals surface area contributed by atoms with Crippen LogP contribution < -0.4 is 14.2 Å². The van der Waals surface area contributed by atoms with Crippen molar-refractivity contribution in [2.45, 2.75) is 44.4 Å². The van der Waals surface area contributed by atoms with Crippen LogP contribution in [-0.4, -0.2) is 103 Å². The number of esters is 1. The molecular formula is C32H37N3O9. The third kappa shape index (κ3) is 5.54. The Bertz CT molecular complexity index is 1410. The maximum atomic E-state index is 14.1. The molecule has 1 spiro atoms. The van der Waals surface area contributed by atoms with Crippen molar-refractivity contribution in [2.75, 3.05) is 53.3 Å². The number of benzene rings is 2. The van der Waals surface area contributed by atoms with Gasteiger partial charge in [-0.25, -0.2) is 0 Å². The molecule has 3 saturated heterocycles. The van der Waals surface area contributed by atoms with Crippen LogP contribution in [0.4, 0.5) is 0 Å². The molecule has 2 aromatic carbocycles. The normalized spacial score (nSPS) is 21.0. The summed E-state index contributed by atoms with van der Waals surface area (Å²) in [6, 6.07) is 11.1. The van der Waals surface area contributed by atoms with Crippen LogP contribution in [0.3, 0.4) is 0 Å². The van der Waals surface area contributed by atoms with Crippen LogP contribution in [-0.2, 0) is 19.1 Å². The second kappa shape index (κ2) is 12.4. The number of fused-ring (bicyclic) bond motifs is 1. The standard InChI is InChI=1S/C32H37N3O9/c1-3-41-31(39)22-10-14-33(15-11-22)30(38)25-19-44-32(35(25)29(37)21-4-7-24(40-2)8-5-21)12-16-34(17-13-32)28(36)23-6-9-26-27(18-23)43-20-42-26/h4-9,18,22,25H,3,10-17,19-20H2,1-2H3/t25-/m1/s1. The summed E-state index contributed by atoms with van der Waals surface area (Å²) in [7, 11) is 1.55. The fraction of sp³-hybridized carbons (Fsp3) is 0.500. The fourth-order valence-corrected chi connectivity index (χ4v) is 6.51. The van der Waals surface area contributed by atoms with E-state index in [9.17, 15) is 19.2 Å². The van der Waals surface area contributed by atoms with E-state index < -0.39 is 11.8 Å². The molecule has 0 saturated carbocycles. The molecule has 3 fully saturated rings. The van der Waals surface area contributed by atoms with E-state index in [1.54, 1.807) is 71.2 Å². The highest BCUT2D eigenvalue weighted by atomic mass is 16.7. The van der Waals surface area contributed by atoms with Gasteiger partial charge in [0.25, 0.3) is 11.8 Å². The first-order valence-electron chi connectivity index (χ1n) is 15.1. The van der Waals surface area contributed by atoms with E-state index in [1.165, 1.54) is 0 Å². The number of methoxy groups -OCH3 is 1. The average Bonchev–Trinajstić information content (AvgIpc) is 3.69. The van der Waals surface area contributed by atoms with E-state index in [4.69, 9.17) is 23.7 Å². The van der Waals surface area contributed by atoms with Crippen LogP contribution in [0.2, 0.25) is 0 Å². The Labute approximate surface area is 255 Å². The van der Waals surface area contributed by atoms with E-state index >= 15 is 0 Å². The van der Waals surface area contributed by atoms with Crippen LogP contribution in [0.15, 0.2) is 42.5 Å². The number of rotatable bonds is 6. The highest BCUT2D eigenvalue weighted by Gasteiger charge is 2.55. The van der Waals surface area contributed by atoms with Gasteiger partial charge in [0.1, 0.15) is 17.5 Å². The van der Waals surface area contributed by atoms with Crippen molar-refractivity contribution in [3.05, 3.63) is 53.6 Å². The third-order valence-corrected chi connectivity index (χ3v) is 8.98. The van der Waals surface area contributed by atoms with Crippen LogP contribution in [0.25, 0.3) is 0 Å². The molecule has 2 aromatic rings. The van der Waals surface area contributed by atoms with Crippen molar-refractivity contribution in [1.82, 2.24) is 14.7 Å². The van der Waals surface area contributed by atoms with Crippen molar-refractivity contribution < 1.29 is 42.9 Å². The van der Waals surface area contributed by atoms with Gasteiger partial charge in [-0.1, -0.05) is 0 Å². The van der Waals surface area contributed by atoms with Crippen LogP contribution >= 0.6 is 0 Å². The minimum absolute atomic E-state index is 0.0502. The molecule has 0 N–H and O–H groups in total. The van der Waals surface area contributed by atoms with Gasteiger partial charge in [0.15, 0.2) is 11.5 Å². The Morgan fingerprint density at radius 2 is 1.55 bits per heavy atom. The van der Waals surface area contributed by atoms with Crippen LogP contribution in [0.1, 0.15) is 53.3 Å². The number of likely N-dealkylation sites (tertiary alicyclic amines) is 2. The molecule has 3 amide bonds. The third-order valence-electron chi connectivity index (χ3n) is 8.98. The van der Waals surface area contributed by atoms with E-state index in [2.05, 4.69) is 0 Å². The predicted octanol–water partition coefficient (Wildman–Crippen LogP) is 2.70. The average molecular weight is 608 g/mol. The Morgan fingerprint density at radius 1 is 0.864 bits per heavy atom. The molecule has 0 aliphatic carbocycles. The second-order valence-corrected chi connectivity index (χ2v) is 11.4. The quantitative estimate of drug-likeness (QED) is 0.456. The van der Waals surface area contributed by atoms with Gasteiger partial charge in [-0.3, -0.25) is 24.1 Å². The lowest BCUT2D eigenvalue weighted by atomic mass is 9.94. The van der Waals surface area contributed by atoms with E-state index in [0.29, 0.717) is 86.8 Å². The molecule has 12 nitrogen and oxygen atoms in total. The van der Waals surface area contributed by atoms with E-state index in [0.717, 1.165) is 0 Å². The molecule has 6 rings (SSSR count). The Kier molecular flexibility index (Phi) is 8.35. The fourth-order valence-electron chi connectivity index (χ4n) is 6.51. The maximum absolute atomic E-state index is 14.1. The molecule has 44 heavy (non-hydrogen) atoms. The van der Waals surface area contributed by atoms with Crippen LogP contribution in [0.5, 0.6) is 17.2 Å².